The Morgan fingerprint density at radius 3 is 2.67 bits per heavy atom. The summed E-state index contributed by atoms with van der Waals surface area (Å²) in [4.78, 5) is 14.6. The van der Waals surface area contributed by atoms with Gasteiger partial charge in [0.25, 0.3) is 0 Å². The molecule has 0 aromatic carbocycles. The van der Waals surface area contributed by atoms with Crippen LogP contribution in [-0.2, 0) is 9.53 Å². The van der Waals surface area contributed by atoms with Gasteiger partial charge in [-0.3, -0.25) is 4.79 Å². The first-order valence-electron chi connectivity index (χ1n) is 7.44. The van der Waals surface area contributed by atoms with Gasteiger partial charge in [-0.05, 0) is 38.1 Å². The van der Waals surface area contributed by atoms with Crippen molar-refractivity contribution >= 4 is 5.91 Å². The Labute approximate surface area is 109 Å². The molecule has 1 N–H and O–H groups in total. The van der Waals surface area contributed by atoms with Crippen LogP contribution in [0, 0.1) is 5.92 Å². The lowest BCUT2D eigenvalue weighted by atomic mass is 9.90. The predicted octanol–water partition coefficient (Wildman–Crippen LogP) is 1.15. The number of carbonyl (C=O) groups excluding carboxylic acids is 1. The molecular formula is C14H24N2O2. The Hall–Kier alpha value is -0.610. The smallest absolute Gasteiger partial charge is 0.239 e. The quantitative estimate of drug-likeness (QED) is 0.801. The van der Waals surface area contributed by atoms with Crippen molar-refractivity contribution in [2.24, 2.45) is 5.92 Å². The van der Waals surface area contributed by atoms with Crippen molar-refractivity contribution in [2.45, 2.75) is 57.3 Å². The maximum Gasteiger partial charge on any atom is 0.239 e. The number of rotatable bonds is 2. The molecule has 0 aromatic heterocycles. The molecule has 2 bridgehead atoms. The lowest BCUT2D eigenvalue weighted by molar-refractivity contribution is -0.143. The molecule has 0 spiro atoms. The molecule has 3 saturated heterocycles. The van der Waals surface area contributed by atoms with Crippen LogP contribution in [0.15, 0.2) is 0 Å². The average Bonchev–Trinajstić information content (AvgIpc) is 2.76. The van der Waals surface area contributed by atoms with Crippen LogP contribution in [0.3, 0.4) is 0 Å². The van der Waals surface area contributed by atoms with Gasteiger partial charge >= 0.3 is 0 Å². The zero-order valence-electron chi connectivity index (χ0n) is 11.2. The lowest BCUT2D eigenvalue weighted by Gasteiger charge is -2.37. The van der Waals surface area contributed by atoms with Gasteiger partial charge < -0.3 is 15.0 Å². The second-order valence-corrected chi connectivity index (χ2v) is 6.01. The third-order valence-corrected chi connectivity index (χ3v) is 4.74. The molecule has 3 aliphatic heterocycles. The zero-order valence-corrected chi connectivity index (χ0v) is 11.2. The maximum atomic E-state index is 12.5. The van der Waals surface area contributed by atoms with Crippen molar-refractivity contribution in [2.75, 3.05) is 19.6 Å². The van der Waals surface area contributed by atoms with E-state index in [2.05, 4.69) is 12.2 Å². The SMILES string of the molecule is CCC1CCNC(C(=O)N2CC3CCC(C2)O3)C1. The van der Waals surface area contributed by atoms with E-state index in [1.54, 1.807) is 0 Å². The highest BCUT2D eigenvalue weighted by Crippen LogP contribution is 2.28. The Bertz CT molecular complexity index is 309. The highest BCUT2D eigenvalue weighted by molar-refractivity contribution is 5.82. The minimum atomic E-state index is 0.0567. The Balaban J connectivity index is 1.60. The summed E-state index contributed by atoms with van der Waals surface area (Å²) >= 11 is 0. The summed E-state index contributed by atoms with van der Waals surface area (Å²) < 4.78 is 5.79. The third-order valence-electron chi connectivity index (χ3n) is 4.74. The van der Waals surface area contributed by atoms with Gasteiger partial charge in [0.1, 0.15) is 0 Å². The highest BCUT2D eigenvalue weighted by atomic mass is 16.5. The normalized spacial score (nSPS) is 39.9. The fourth-order valence-corrected chi connectivity index (χ4v) is 3.57. The fraction of sp³-hybridized carbons (Fsp3) is 0.929. The molecule has 4 unspecified atom stereocenters. The van der Waals surface area contributed by atoms with E-state index in [4.69, 9.17) is 4.74 Å². The number of hydrogen-bond donors (Lipinski definition) is 1. The standard InChI is InChI=1S/C14H24N2O2/c1-2-10-5-6-15-13(7-10)14(17)16-8-11-3-4-12(9-16)18-11/h10-13,15H,2-9H2,1H3. The number of nitrogens with zero attached hydrogens (tertiary/aromatic N) is 1. The monoisotopic (exact) mass is 252 g/mol. The minimum Gasteiger partial charge on any atom is -0.371 e. The number of likely N-dealkylation sites (tertiary alicyclic amines) is 1. The van der Waals surface area contributed by atoms with Gasteiger partial charge in [-0.2, -0.15) is 0 Å². The summed E-state index contributed by atoms with van der Waals surface area (Å²) in [6, 6.07) is 0.0567. The molecule has 18 heavy (non-hydrogen) atoms. The lowest BCUT2D eigenvalue weighted by Crippen LogP contribution is -2.54. The number of nitrogens with one attached hydrogen (secondary N) is 1. The van der Waals surface area contributed by atoms with Crippen molar-refractivity contribution < 1.29 is 9.53 Å². The summed E-state index contributed by atoms with van der Waals surface area (Å²) in [6.45, 7) is 4.84. The average molecular weight is 252 g/mol. The second kappa shape index (κ2) is 5.17. The fourth-order valence-electron chi connectivity index (χ4n) is 3.57. The summed E-state index contributed by atoms with van der Waals surface area (Å²) in [7, 11) is 0. The van der Waals surface area contributed by atoms with Gasteiger partial charge in [-0.15, -0.1) is 0 Å². The zero-order chi connectivity index (χ0) is 12.5. The molecule has 3 heterocycles. The summed E-state index contributed by atoms with van der Waals surface area (Å²) in [6.07, 6.45) is 6.29. The molecule has 0 saturated carbocycles. The van der Waals surface area contributed by atoms with Crippen molar-refractivity contribution in [1.82, 2.24) is 10.2 Å². The van der Waals surface area contributed by atoms with Crippen LogP contribution < -0.4 is 5.32 Å². The van der Waals surface area contributed by atoms with E-state index in [9.17, 15) is 4.79 Å². The molecule has 0 aromatic rings. The van der Waals surface area contributed by atoms with Crippen LogP contribution in [0.4, 0.5) is 0 Å². The molecule has 3 rings (SSSR count). The van der Waals surface area contributed by atoms with E-state index in [0.29, 0.717) is 18.1 Å². The van der Waals surface area contributed by atoms with Crippen molar-refractivity contribution in [1.29, 1.82) is 0 Å². The number of hydrogen-bond acceptors (Lipinski definition) is 3. The maximum absolute atomic E-state index is 12.5. The van der Waals surface area contributed by atoms with E-state index >= 15 is 0 Å². The van der Waals surface area contributed by atoms with Gasteiger partial charge in [0, 0.05) is 13.1 Å². The van der Waals surface area contributed by atoms with Gasteiger partial charge in [0.2, 0.25) is 5.91 Å². The van der Waals surface area contributed by atoms with E-state index in [1.165, 1.54) is 12.8 Å². The molecule has 4 heteroatoms. The van der Waals surface area contributed by atoms with E-state index in [0.717, 1.165) is 44.8 Å². The number of carbonyl (C=O) groups is 1. The van der Waals surface area contributed by atoms with E-state index in [-0.39, 0.29) is 6.04 Å². The molecule has 3 aliphatic rings. The van der Waals surface area contributed by atoms with Crippen LogP contribution in [-0.4, -0.2) is 48.7 Å². The molecule has 4 nitrogen and oxygen atoms in total. The predicted molar refractivity (Wildman–Crippen MR) is 69.3 cm³/mol. The summed E-state index contributed by atoms with van der Waals surface area (Å²) in [5.41, 5.74) is 0. The number of amides is 1. The molecule has 3 fully saturated rings. The van der Waals surface area contributed by atoms with Gasteiger partial charge in [-0.1, -0.05) is 13.3 Å². The number of piperidine rings is 1. The molecule has 102 valence electrons. The molecular weight excluding hydrogens is 228 g/mol. The number of morpholine rings is 1. The largest absolute Gasteiger partial charge is 0.371 e. The molecule has 0 aliphatic carbocycles. The molecule has 1 amide bonds. The Kier molecular flexibility index (Phi) is 3.57. The van der Waals surface area contributed by atoms with Crippen LogP contribution in [0.1, 0.15) is 39.0 Å². The Morgan fingerprint density at radius 1 is 1.28 bits per heavy atom. The Morgan fingerprint density at radius 2 is 2.00 bits per heavy atom. The summed E-state index contributed by atoms with van der Waals surface area (Å²) in [5.74, 6) is 1.03. The van der Waals surface area contributed by atoms with Crippen LogP contribution in [0.5, 0.6) is 0 Å². The van der Waals surface area contributed by atoms with Gasteiger partial charge in [0.05, 0.1) is 18.2 Å². The van der Waals surface area contributed by atoms with Gasteiger partial charge in [0.15, 0.2) is 0 Å². The van der Waals surface area contributed by atoms with Crippen LogP contribution in [0.25, 0.3) is 0 Å². The first kappa shape index (κ1) is 12.4. The topological polar surface area (TPSA) is 41.6 Å². The highest BCUT2D eigenvalue weighted by Gasteiger charge is 2.38. The van der Waals surface area contributed by atoms with Gasteiger partial charge in [-0.25, -0.2) is 0 Å². The second-order valence-electron chi connectivity index (χ2n) is 6.01. The first-order valence-corrected chi connectivity index (χ1v) is 7.44. The van der Waals surface area contributed by atoms with Crippen LogP contribution in [0.2, 0.25) is 0 Å². The molecule has 4 atom stereocenters. The first-order chi connectivity index (χ1) is 8.76. The van der Waals surface area contributed by atoms with Crippen LogP contribution >= 0.6 is 0 Å². The van der Waals surface area contributed by atoms with Crippen molar-refractivity contribution in [3.63, 3.8) is 0 Å². The third kappa shape index (κ3) is 2.41. The van der Waals surface area contributed by atoms with E-state index in [1.807, 2.05) is 4.90 Å². The minimum absolute atomic E-state index is 0.0567. The van der Waals surface area contributed by atoms with Crippen molar-refractivity contribution in [3.05, 3.63) is 0 Å². The number of fused-ring (bicyclic) bond motifs is 2. The molecule has 0 radical (unpaired) electrons. The van der Waals surface area contributed by atoms with Crippen molar-refractivity contribution in [3.8, 4) is 0 Å². The summed E-state index contributed by atoms with van der Waals surface area (Å²) in [5, 5.41) is 3.40. The van der Waals surface area contributed by atoms with E-state index < -0.39 is 0 Å². The number of ether oxygens (including phenoxy) is 1.